The normalized spacial score (nSPS) is 14.3. The van der Waals surface area contributed by atoms with E-state index in [1.165, 1.54) is 0 Å². The van der Waals surface area contributed by atoms with E-state index in [9.17, 15) is 9.59 Å². The van der Waals surface area contributed by atoms with E-state index in [0.717, 1.165) is 23.8 Å². The first-order chi connectivity index (χ1) is 16.4. The molecule has 0 aliphatic carbocycles. The van der Waals surface area contributed by atoms with Gasteiger partial charge in [-0.25, -0.2) is 0 Å². The molecule has 1 aliphatic rings. The third-order valence-corrected chi connectivity index (χ3v) is 5.72. The van der Waals surface area contributed by atoms with Gasteiger partial charge in [0, 0.05) is 39.6 Å². The van der Waals surface area contributed by atoms with E-state index in [0.29, 0.717) is 50.8 Å². The van der Waals surface area contributed by atoms with E-state index in [4.69, 9.17) is 14.2 Å². The Morgan fingerprint density at radius 1 is 1.06 bits per heavy atom. The van der Waals surface area contributed by atoms with Crippen LogP contribution in [0.1, 0.15) is 44.4 Å². The van der Waals surface area contributed by atoms with Gasteiger partial charge in [-0.2, -0.15) is 0 Å². The van der Waals surface area contributed by atoms with Crippen LogP contribution in [-0.2, 0) is 27.3 Å². The van der Waals surface area contributed by atoms with Crippen LogP contribution in [0, 0.1) is 5.92 Å². The molecule has 3 rings (SSSR count). The molecule has 0 spiro atoms. The van der Waals surface area contributed by atoms with Gasteiger partial charge in [-0.05, 0) is 36.6 Å². The number of amides is 2. The molecule has 1 aliphatic heterocycles. The van der Waals surface area contributed by atoms with Crippen LogP contribution in [-0.4, -0.2) is 72.0 Å². The van der Waals surface area contributed by atoms with Crippen molar-refractivity contribution in [3.63, 3.8) is 0 Å². The van der Waals surface area contributed by atoms with Crippen LogP contribution < -0.4 is 14.8 Å². The van der Waals surface area contributed by atoms with Crippen LogP contribution in [0.2, 0.25) is 0 Å². The Morgan fingerprint density at radius 3 is 2.47 bits per heavy atom. The molecular formula is C24H35N5O5. The highest BCUT2D eigenvalue weighted by molar-refractivity contribution is 5.78. The van der Waals surface area contributed by atoms with Gasteiger partial charge in [-0.3, -0.25) is 9.59 Å². The number of hydrogen-bond donors (Lipinski definition) is 1. The highest BCUT2D eigenvalue weighted by Crippen LogP contribution is 2.23. The van der Waals surface area contributed by atoms with E-state index < -0.39 is 0 Å². The van der Waals surface area contributed by atoms with E-state index in [1.807, 2.05) is 4.57 Å². The van der Waals surface area contributed by atoms with E-state index in [1.54, 1.807) is 43.4 Å². The molecule has 10 nitrogen and oxygen atoms in total. The predicted octanol–water partition coefficient (Wildman–Crippen LogP) is 1.99. The third-order valence-electron chi connectivity index (χ3n) is 5.72. The maximum atomic E-state index is 12.8. The summed E-state index contributed by atoms with van der Waals surface area (Å²) in [7, 11) is 3.18. The lowest BCUT2D eigenvalue weighted by Gasteiger charge is -2.22. The van der Waals surface area contributed by atoms with E-state index in [-0.39, 0.29) is 24.5 Å². The summed E-state index contributed by atoms with van der Waals surface area (Å²) in [5, 5.41) is 11.9. The van der Waals surface area contributed by atoms with Gasteiger partial charge in [0.05, 0.1) is 19.8 Å². The Bertz CT molecular complexity index is 944. The molecule has 0 saturated carbocycles. The molecule has 0 radical (unpaired) electrons. The van der Waals surface area contributed by atoms with Crippen LogP contribution in [0.3, 0.4) is 0 Å². The van der Waals surface area contributed by atoms with Crippen molar-refractivity contribution < 1.29 is 23.8 Å². The van der Waals surface area contributed by atoms with Gasteiger partial charge in [0.1, 0.15) is 17.3 Å². The van der Waals surface area contributed by atoms with Crippen molar-refractivity contribution in [2.75, 3.05) is 40.5 Å². The largest absolute Gasteiger partial charge is 0.497 e. The SMILES string of the molecule is COCCC(=O)N[C@H](CC(C)C)c1nnc2n1CCN(C(=O)COc1ccc(OC)cc1)CC2. The zero-order chi connectivity index (χ0) is 24.5. The second kappa shape index (κ2) is 12.4. The van der Waals surface area contributed by atoms with Gasteiger partial charge in [0.2, 0.25) is 5.91 Å². The molecule has 2 aromatic rings. The molecule has 2 amide bonds. The monoisotopic (exact) mass is 473 g/mol. The number of nitrogens with one attached hydrogen (secondary N) is 1. The second-order valence-corrected chi connectivity index (χ2v) is 8.71. The lowest BCUT2D eigenvalue weighted by Crippen LogP contribution is -2.37. The molecule has 1 aromatic heterocycles. The fourth-order valence-electron chi connectivity index (χ4n) is 3.92. The number of ether oxygens (including phenoxy) is 3. The molecule has 186 valence electrons. The fourth-order valence-corrected chi connectivity index (χ4v) is 3.92. The summed E-state index contributed by atoms with van der Waals surface area (Å²) in [5.74, 6) is 3.10. The first-order valence-electron chi connectivity index (χ1n) is 11.7. The molecule has 0 saturated heterocycles. The Balaban J connectivity index is 1.62. The van der Waals surface area contributed by atoms with Gasteiger partial charge in [-0.15, -0.1) is 10.2 Å². The zero-order valence-corrected chi connectivity index (χ0v) is 20.5. The summed E-state index contributed by atoms with van der Waals surface area (Å²) < 4.78 is 17.9. The number of carbonyl (C=O) groups is 2. The lowest BCUT2D eigenvalue weighted by atomic mass is 10.0. The number of methoxy groups -OCH3 is 2. The summed E-state index contributed by atoms with van der Waals surface area (Å²) in [6.45, 7) is 6.18. The topological polar surface area (TPSA) is 108 Å². The molecule has 1 N–H and O–H groups in total. The molecule has 0 fully saturated rings. The fraction of sp³-hybridized carbons (Fsp3) is 0.583. The van der Waals surface area contributed by atoms with Crippen LogP contribution >= 0.6 is 0 Å². The van der Waals surface area contributed by atoms with Gasteiger partial charge < -0.3 is 29.0 Å². The van der Waals surface area contributed by atoms with Crippen molar-refractivity contribution in [2.45, 2.75) is 45.7 Å². The summed E-state index contributed by atoms with van der Waals surface area (Å²) in [6, 6.07) is 6.89. The molecule has 34 heavy (non-hydrogen) atoms. The van der Waals surface area contributed by atoms with Crippen LogP contribution in [0.15, 0.2) is 24.3 Å². The minimum atomic E-state index is -0.244. The van der Waals surface area contributed by atoms with Crippen molar-refractivity contribution in [3.05, 3.63) is 35.9 Å². The van der Waals surface area contributed by atoms with Crippen LogP contribution in [0.25, 0.3) is 0 Å². The molecule has 0 unspecified atom stereocenters. The lowest BCUT2D eigenvalue weighted by molar-refractivity contribution is -0.133. The van der Waals surface area contributed by atoms with Crippen LogP contribution in [0.5, 0.6) is 11.5 Å². The number of rotatable bonds is 11. The van der Waals surface area contributed by atoms with Gasteiger partial charge in [-0.1, -0.05) is 13.8 Å². The average Bonchev–Trinajstić information content (AvgIpc) is 3.11. The second-order valence-electron chi connectivity index (χ2n) is 8.71. The summed E-state index contributed by atoms with van der Waals surface area (Å²) in [5.41, 5.74) is 0. The van der Waals surface area contributed by atoms with Crippen molar-refractivity contribution in [1.82, 2.24) is 25.0 Å². The number of carbonyl (C=O) groups excluding carboxylic acids is 2. The average molecular weight is 474 g/mol. The molecule has 2 heterocycles. The highest BCUT2D eigenvalue weighted by Gasteiger charge is 2.27. The predicted molar refractivity (Wildman–Crippen MR) is 126 cm³/mol. The molecule has 10 heteroatoms. The Kier molecular flexibility index (Phi) is 9.26. The summed E-state index contributed by atoms with van der Waals surface area (Å²) in [6.07, 6.45) is 1.63. The van der Waals surface area contributed by atoms with Crippen LogP contribution in [0.4, 0.5) is 0 Å². The van der Waals surface area contributed by atoms with Crippen molar-refractivity contribution in [3.8, 4) is 11.5 Å². The van der Waals surface area contributed by atoms with E-state index in [2.05, 4.69) is 29.4 Å². The maximum Gasteiger partial charge on any atom is 0.260 e. The maximum absolute atomic E-state index is 12.8. The molecule has 0 bridgehead atoms. The van der Waals surface area contributed by atoms with Gasteiger partial charge in [0.15, 0.2) is 12.4 Å². The Labute approximate surface area is 200 Å². The van der Waals surface area contributed by atoms with Crippen molar-refractivity contribution in [1.29, 1.82) is 0 Å². The highest BCUT2D eigenvalue weighted by atomic mass is 16.5. The Hall–Kier alpha value is -3.14. The molecular weight excluding hydrogens is 438 g/mol. The molecule has 1 atom stereocenters. The minimum Gasteiger partial charge on any atom is -0.497 e. The number of fused-ring (bicyclic) bond motifs is 1. The van der Waals surface area contributed by atoms with Crippen molar-refractivity contribution >= 4 is 11.8 Å². The van der Waals surface area contributed by atoms with Crippen molar-refractivity contribution in [2.24, 2.45) is 5.92 Å². The van der Waals surface area contributed by atoms with Gasteiger partial charge in [0.25, 0.3) is 5.91 Å². The quantitative estimate of drug-likeness (QED) is 0.532. The summed E-state index contributed by atoms with van der Waals surface area (Å²) >= 11 is 0. The molecule has 1 aromatic carbocycles. The number of nitrogens with zero attached hydrogens (tertiary/aromatic N) is 4. The number of hydrogen-bond acceptors (Lipinski definition) is 7. The number of benzene rings is 1. The van der Waals surface area contributed by atoms with Gasteiger partial charge >= 0.3 is 0 Å². The minimum absolute atomic E-state index is 0.0364. The third kappa shape index (κ3) is 6.93. The Morgan fingerprint density at radius 2 is 1.79 bits per heavy atom. The standard InChI is InChI=1S/C24H35N5O5/c1-17(2)15-20(25-22(30)10-14-32-3)24-27-26-21-9-11-28(12-13-29(21)24)23(31)16-34-19-7-5-18(33-4)6-8-19/h5-8,17,20H,9-16H2,1-4H3,(H,25,30)/t20-/m1/s1. The first-order valence-corrected chi connectivity index (χ1v) is 11.7. The zero-order valence-electron chi connectivity index (χ0n) is 20.5. The first kappa shape index (κ1) is 25.5. The smallest absolute Gasteiger partial charge is 0.260 e. The number of aromatic nitrogens is 3. The van der Waals surface area contributed by atoms with E-state index >= 15 is 0 Å². The summed E-state index contributed by atoms with van der Waals surface area (Å²) in [4.78, 5) is 26.9.